The van der Waals surface area contributed by atoms with Crippen molar-refractivity contribution in [3.63, 3.8) is 0 Å². The largest absolute Gasteiger partial charge is 0.480 e. The molecule has 0 radical (unpaired) electrons. The number of aliphatic carboxylic acids is 1. The summed E-state index contributed by atoms with van der Waals surface area (Å²) in [5, 5.41) is 9.11. The molecule has 1 amide bonds. The van der Waals surface area contributed by atoms with Crippen LogP contribution in [0.3, 0.4) is 0 Å². The molecule has 0 saturated carbocycles. The van der Waals surface area contributed by atoms with Crippen LogP contribution in [0.1, 0.15) is 33.6 Å². The second-order valence-corrected chi connectivity index (χ2v) is 4.86. The van der Waals surface area contributed by atoms with Crippen LogP contribution in [0.5, 0.6) is 0 Å². The normalized spacial score (nSPS) is 23.9. The predicted octanol–water partition coefficient (Wildman–Crippen LogP) is 1.72. The van der Waals surface area contributed by atoms with Gasteiger partial charge < -0.3 is 9.84 Å². The van der Waals surface area contributed by atoms with E-state index in [1.165, 1.54) is 4.90 Å². The van der Waals surface area contributed by atoms with Gasteiger partial charge in [0.25, 0.3) is 0 Å². The number of carbonyl (C=O) groups excluding carboxylic acids is 1. The van der Waals surface area contributed by atoms with Crippen molar-refractivity contribution >= 4 is 12.1 Å². The molecule has 0 aliphatic carbocycles. The maximum absolute atomic E-state index is 11.6. The molecule has 0 spiro atoms. The predicted molar refractivity (Wildman–Crippen MR) is 58.2 cm³/mol. The highest BCUT2D eigenvalue weighted by molar-refractivity contribution is 5.80. The van der Waals surface area contributed by atoms with E-state index in [0.29, 0.717) is 13.0 Å². The van der Waals surface area contributed by atoms with E-state index in [9.17, 15) is 9.59 Å². The third-order valence-corrected chi connectivity index (χ3v) is 2.94. The van der Waals surface area contributed by atoms with Crippen LogP contribution in [-0.2, 0) is 9.53 Å². The van der Waals surface area contributed by atoms with Gasteiger partial charge in [0.05, 0.1) is 6.61 Å². The molecule has 0 bridgehead atoms. The molecule has 1 atom stereocenters. The Hall–Kier alpha value is -1.26. The van der Waals surface area contributed by atoms with Crippen molar-refractivity contribution in [3.8, 4) is 0 Å². The zero-order valence-corrected chi connectivity index (χ0v) is 10.0. The maximum atomic E-state index is 11.6. The van der Waals surface area contributed by atoms with E-state index in [2.05, 4.69) is 0 Å². The Morgan fingerprint density at radius 3 is 2.62 bits per heavy atom. The Labute approximate surface area is 95.4 Å². The molecule has 1 aliphatic heterocycles. The van der Waals surface area contributed by atoms with Crippen molar-refractivity contribution in [2.45, 2.75) is 39.7 Å². The molecule has 1 heterocycles. The van der Waals surface area contributed by atoms with Crippen molar-refractivity contribution < 1.29 is 19.4 Å². The summed E-state index contributed by atoms with van der Waals surface area (Å²) in [6, 6.07) is -0.761. The number of nitrogens with zero attached hydrogens (tertiary/aromatic N) is 1. The average molecular weight is 229 g/mol. The number of rotatable bonds is 2. The lowest BCUT2D eigenvalue weighted by atomic mass is 9.79. The highest BCUT2D eigenvalue weighted by atomic mass is 16.6. The molecule has 5 heteroatoms. The van der Waals surface area contributed by atoms with Gasteiger partial charge in [-0.1, -0.05) is 13.8 Å². The highest BCUT2D eigenvalue weighted by Gasteiger charge is 2.40. The Balaban J connectivity index is 2.77. The number of carbonyl (C=O) groups is 2. The number of likely N-dealkylation sites (tertiary alicyclic amines) is 1. The van der Waals surface area contributed by atoms with Crippen molar-refractivity contribution in [2.75, 3.05) is 13.2 Å². The van der Waals surface area contributed by atoms with Gasteiger partial charge in [0.2, 0.25) is 0 Å². The summed E-state index contributed by atoms with van der Waals surface area (Å²) in [6.07, 6.45) is 0.752. The minimum Gasteiger partial charge on any atom is -0.480 e. The third kappa shape index (κ3) is 2.87. The summed E-state index contributed by atoms with van der Waals surface area (Å²) in [6.45, 7) is 6.46. The summed E-state index contributed by atoms with van der Waals surface area (Å²) in [5.41, 5.74) is -0.0357. The molecule has 0 aromatic carbocycles. The van der Waals surface area contributed by atoms with Gasteiger partial charge in [-0.05, 0) is 25.2 Å². The number of hydrogen-bond acceptors (Lipinski definition) is 3. The molecular weight excluding hydrogens is 210 g/mol. The van der Waals surface area contributed by atoms with E-state index in [-0.39, 0.29) is 12.0 Å². The van der Waals surface area contributed by atoms with E-state index in [1.54, 1.807) is 6.92 Å². The van der Waals surface area contributed by atoms with Crippen LogP contribution in [0, 0.1) is 5.41 Å². The van der Waals surface area contributed by atoms with Gasteiger partial charge in [0, 0.05) is 6.54 Å². The fourth-order valence-electron chi connectivity index (χ4n) is 1.96. The van der Waals surface area contributed by atoms with E-state index in [4.69, 9.17) is 9.84 Å². The molecule has 0 aromatic rings. The Morgan fingerprint density at radius 2 is 2.12 bits per heavy atom. The van der Waals surface area contributed by atoms with Gasteiger partial charge in [0.1, 0.15) is 6.04 Å². The minimum absolute atomic E-state index is 0.0357. The lowest BCUT2D eigenvalue weighted by Gasteiger charge is -2.40. The molecule has 0 aromatic heterocycles. The standard InChI is InChI=1S/C11H19NO4/c1-4-16-10(15)12-6-5-11(2,3)7-8(12)9(13)14/h8H,4-7H2,1-3H3,(H,13,14). The van der Waals surface area contributed by atoms with Crippen LogP contribution in [0.4, 0.5) is 4.79 Å². The topological polar surface area (TPSA) is 66.8 Å². The van der Waals surface area contributed by atoms with Gasteiger partial charge >= 0.3 is 12.1 Å². The zero-order chi connectivity index (χ0) is 12.3. The first-order valence-electron chi connectivity index (χ1n) is 5.53. The Bertz CT molecular complexity index is 288. The quantitative estimate of drug-likeness (QED) is 0.782. The van der Waals surface area contributed by atoms with E-state index < -0.39 is 18.1 Å². The summed E-state index contributed by atoms with van der Waals surface area (Å²) < 4.78 is 4.85. The van der Waals surface area contributed by atoms with Crippen molar-refractivity contribution in [1.82, 2.24) is 4.90 Å². The number of carboxylic acids is 1. The van der Waals surface area contributed by atoms with Crippen LogP contribution in [0.2, 0.25) is 0 Å². The molecule has 1 unspecified atom stereocenters. The first kappa shape index (κ1) is 12.8. The molecule has 16 heavy (non-hydrogen) atoms. The van der Waals surface area contributed by atoms with Gasteiger partial charge in [-0.2, -0.15) is 0 Å². The van der Waals surface area contributed by atoms with Crippen LogP contribution in [-0.4, -0.2) is 41.3 Å². The fourth-order valence-corrected chi connectivity index (χ4v) is 1.96. The highest BCUT2D eigenvalue weighted by Crippen LogP contribution is 2.34. The molecule has 1 aliphatic rings. The van der Waals surface area contributed by atoms with Crippen LogP contribution in [0.25, 0.3) is 0 Å². The van der Waals surface area contributed by atoms with E-state index in [1.807, 2.05) is 13.8 Å². The monoisotopic (exact) mass is 229 g/mol. The van der Waals surface area contributed by atoms with E-state index in [0.717, 1.165) is 6.42 Å². The Kier molecular flexibility index (Phi) is 3.78. The third-order valence-electron chi connectivity index (χ3n) is 2.94. The molecule has 1 saturated heterocycles. The van der Waals surface area contributed by atoms with Gasteiger partial charge in [-0.25, -0.2) is 9.59 Å². The number of ether oxygens (including phenoxy) is 1. The van der Waals surface area contributed by atoms with Gasteiger partial charge in [-0.3, -0.25) is 4.90 Å². The minimum atomic E-state index is -0.958. The van der Waals surface area contributed by atoms with Crippen molar-refractivity contribution in [1.29, 1.82) is 0 Å². The lowest BCUT2D eigenvalue weighted by molar-refractivity contribution is -0.145. The molecular formula is C11H19NO4. The number of amides is 1. The summed E-state index contributed by atoms with van der Waals surface area (Å²) >= 11 is 0. The summed E-state index contributed by atoms with van der Waals surface area (Å²) in [5.74, 6) is -0.958. The molecule has 1 rings (SSSR count). The number of hydrogen-bond donors (Lipinski definition) is 1. The lowest BCUT2D eigenvalue weighted by Crippen LogP contribution is -2.52. The molecule has 1 N–H and O–H groups in total. The average Bonchev–Trinajstić information content (AvgIpc) is 2.16. The van der Waals surface area contributed by atoms with Gasteiger partial charge in [0.15, 0.2) is 0 Å². The first-order chi connectivity index (χ1) is 7.37. The molecule has 5 nitrogen and oxygen atoms in total. The zero-order valence-electron chi connectivity index (χ0n) is 10.0. The maximum Gasteiger partial charge on any atom is 0.410 e. The van der Waals surface area contributed by atoms with Gasteiger partial charge in [-0.15, -0.1) is 0 Å². The number of piperidine rings is 1. The second kappa shape index (κ2) is 4.72. The van der Waals surface area contributed by atoms with E-state index >= 15 is 0 Å². The Morgan fingerprint density at radius 1 is 1.50 bits per heavy atom. The molecule has 1 fully saturated rings. The SMILES string of the molecule is CCOC(=O)N1CCC(C)(C)CC1C(=O)O. The van der Waals surface area contributed by atoms with Crippen molar-refractivity contribution in [2.24, 2.45) is 5.41 Å². The van der Waals surface area contributed by atoms with Crippen LogP contribution >= 0.6 is 0 Å². The smallest absolute Gasteiger partial charge is 0.410 e. The summed E-state index contributed by atoms with van der Waals surface area (Å²) in [7, 11) is 0. The first-order valence-corrected chi connectivity index (χ1v) is 5.53. The second-order valence-electron chi connectivity index (χ2n) is 4.86. The fraction of sp³-hybridized carbons (Fsp3) is 0.818. The van der Waals surface area contributed by atoms with Crippen LogP contribution in [0.15, 0.2) is 0 Å². The number of carboxylic acid groups (broad SMARTS) is 1. The van der Waals surface area contributed by atoms with Crippen molar-refractivity contribution in [3.05, 3.63) is 0 Å². The van der Waals surface area contributed by atoms with Crippen LogP contribution < -0.4 is 0 Å². The summed E-state index contributed by atoms with van der Waals surface area (Å²) in [4.78, 5) is 24.0. The molecule has 92 valence electrons.